The first-order chi connectivity index (χ1) is 7.60. The van der Waals surface area contributed by atoms with Crippen LogP contribution in [0, 0.1) is 6.92 Å². The highest BCUT2D eigenvalue weighted by molar-refractivity contribution is 5.76. The largest absolute Gasteiger partial charge is 0.479 e. The van der Waals surface area contributed by atoms with Crippen molar-refractivity contribution in [2.75, 3.05) is 7.11 Å². The van der Waals surface area contributed by atoms with Gasteiger partial charge in [0.2, 0.25) is 0 Å². The van der Waals surface area contributed by atoms with Crippen LogP contribution in [-0.4, -0.2) is 24.3 Å². The fraction of sp³-hybridized carbons (Fsp3) is 0.462. The molecule has 0 heterocycles. The number of hydrogen-bond donors (Lipinski definition) is 1. The molecule has 0 spiro atoms. The predicted molar refractivity (Wildman–Crippen MR) is 60.5 cm³/mol. The number of carboxylic acids is 1. The van der Waals surface area contributed by atoms with Gasteiger partial charge in [-0.3, -0.25) is 0 Å². The fourth-order valence-electron chi connectivity index (χ4n) is 2.29. The summed E-state index contributed by atoms with van der Waals surface area (Å²) in [5.41, 5.74) is 1.96. The summed E-state index contributed by atoms with van der Waals surface area (Å²) in [6.07, 6.45) is 1.05. The van der Waals surface area contributed by atoms with E-state index in [1.165, 1.54) is 12.7 Å². The summed E-state index contributed by atoms with van der Waals surface area (Å²) in [5, 5.41) is 9.14. The summed E-state index contributed by atoms with van der Waals surface area (Å²) in [4.78, 5) is 11.1. The van der Waals surface area contributed by atoms with Crippen molar-refractivity contribution < 1.29 is 14.6 Å². The van der Waals surface area contributed by atoms with Gasteiger partial charge in [-0.2, -0.15) is 0 Å². The van der Waals surface area contributed by atoms with Crippen molar-refractivity contribution >= 4 is 5.97 Å². The van der Waals surface area contributed by atoms with Crippen LogP contribution in [0.25, 0.3) is 0 Å². The number of carboxylic acid groups (broad SMARTS) is 1. The average molecular weight is 220 g/mol. The van der Waals surface area contributed by atoms with Crippen molar-refractivity contribution in [3.8, 4) is 0 Å². The van der Waals surface area contributed by atoms with Gasteiger partial charge < -0.3 is 9.84 Å². The van der Waals surface area contributed by atoms with E-state index in [1.807, 2.05) is 31.2 Å². The number of carbonyl (C=O) groups is 1. The molecule has 1 saturated carbocycles. The maximum atomic E-state index is 11.1. The second-order valence-corrected chi connectivity index (χ2v) is 4.48. The van der Waals surface area contributed by atoms with E-state index in [-0.39, 0.29) is 5.41 Å². The van der Waals surface area contributed by atoms with E-state index in [0.717, 1.165) is 18.4 Å². The van der Waals surface area contributed by atoms with Gasteiger partial charge in [0, 0.05) is 12.5 Å². The zero-order valence-electron chi connectivity index (χ0n) is 9.56. The van der Waals surface area contributed by atoms with Crippen molar-refractivity contribution in [1.82, 2.24) is 0 Å². The van der Waals surface area contributed by atoms with E-state index in [9.17, 15) is 4.79 Å². The van der Waals surface area contributed by atoms with E-state index in [0.29, 0.717) is 0 Å². The first kappa shape index (κ1) is 11.1. The van der Waals surface area contributed by atoms with Crippen molar-refractivity contribution in [3.05, 3.63) is 35.4 Å². The summed E-state index contributed by atoms with van der Waals surface area (Å²) in [6.45, 7) is 2.02. The third-order valence-corrected chi connectivity index (χ3v) is 3.38. The minimum Gasteiger partial charge on any atom is -0.479 e. The van der Waals surface area contributed by atoms with Gasteiger partial charge in [0.05, 0.1) is 0 Å². The molecule has 16 heavy (non-hydrogen) atoms. The van der Waals surface area contributed by atoms with Crippen LogP contribution in [0.1, 0.15) is 24.0 Å². The van der Waals surface area contributed by atoms with Gasteiger partial charge >= 0.3 is 5.97 Å². The molecule has 1 unspecified atom stereocenters. The molecule has 1 aromatic carbocycles. The predicted octanol–water partition coefficient (Wildman–Crippen LogP) is 2.13. The van der Waals surface area contributed by atoms with E-state index < -0.39 is 12.1 Å². The van der Waals surface area contributed by atoms with Crippen LogP contribution >= 0.6 is 0 Å². The lowest BCUT2D eigenvalue weighted by Crippen LogP contribution is -2.35. The molecule has 0 bridgehead atoms. The quantitative estimate of drug-likeness (QED) is 0.845. The van der Waals surface area contributed by atoms with Gasteiger partial charge in [0.1, 0.15) is 0 Å². The molecule has 0 amide bonds. The Morgan fingerprint density at radius 3 is 2.31 bits per heavy atom. The van der Waals surface area contributed by atoms with Crippen LogP contribution in [0.2, 0.25) is 0 Å². The second kappa shape index (κ2) is 3.91. The molecule has 1 aliphatic rings. The Kier molecular flexibility index (Phi) is 2.72. The average Bonchev–Trinajstić information content (AvgIpc) is 3.01. The molecule has 0 aliphatic heterocycles. The molecule has 1 aromatic rings. The van der Waals surface area contributed by atoms with Crippen molar-refractivity contribution in [2.45, 2.75) is 31.3 Å². The number of ether oxygens (including phenoxy) is 1. The summed E-state index contributed by atoms with van der Waals surface area (Å²) in [6, 6.07) is 8.06. The SMILES string of the molecule is COC(C(=O)O)C1(c2ccc(C)cc2)CC1. The number of benzene rings is 1. The number of hydrogen-bond acceptors (Lipinski definition) is 2. The highest BCUT2D eigenvalue weighted by Crippen LogP contribution is 2.52. The first-order valence-electron chi connectivity index (χ1n) is 5.43. The number of methoxy groups -OCH3 is 1. The Bertz CT molecular complexity index is 390. The third kappa shape index (κ3) is 1.71. The Balaban J connectivity index is 2.31. The van der Waals surface area contributed by atoms with Crippen LogP contribution in [0.15, 0.2) is 24.3 Å². The molecular weight excluding hydrogens is 204 g/mol. The van der Waals surface area contributed by atoms with Crippen LogP contribution in [0.3, 0.4) is 0 Å². The number of rotatable bonds is 4. The molecule has 86 valence electrons. The topological polar surface area (TPSA) is 46.5 Å². The Hall–Kier alpha value is -1.35. The van der Waals surface area contributed by atoms with Crippen LogP contribution in [-0.2, 0) is 14.9 Å². The third-order valence-electron chi connectivity index (χ3n) is 3.38. The molecule has 2 rings (SSSR count). The Morgan fingerprint density at radius 2 is 1.94 bits per heavy atom. The van der Waals surface area contributed by atoms with Gasteiger partial charge in [-0.05, 0) is 25.3 Å². The van der Waals surface area contributed by atoms with Gasteiger partial charge in [-0.1, -0.05) is 29.8 Å². The van der Waals surface area contributed by atoms with E-state index >= 15 is 0 Å². The molecule has 1 N–H and O–H groups in total. The zero-order valence-corrected chi connectivity index (χ0v) is 9.56. The molecule has 1 atom stereocenters. The van der Waals surface area contributed by atoms with Gasteiger partial charge in [-0.15, -0.1) is 0 Å². The highest BCUT2D eigenvalue weighted by atomic mass is 16.5. The van der Waals surface area contributed by atoms with E-state index in [2.05, 4.69) is 0 Å². The Morgan fingerprint density at radius 1 is 1.38 bits per heavy atom. The van der Waals surface area contributed by atoms with Gasteiger partial charge in [0.15, 0.2) is 6.10 Å². The van der Waals surface area contributed by atoms with E-state index in [4.69, 9.17) is 9.84 Å². The molecular formula is C13H16O3. The summed E-state index contributed by atoms with van der Waals surface area (Å²) in [5.74, 6) is -0.874. The monoisotopic (exact) mass is 220 g/mol. The first-order valence-corrected chi connectivity index (χ1v) is 5.43. The molecule has 1 aliphatic carbocycles. The standard InChI is InChI=1S/C13H16O3/c1-9-3-5-10(6-4-9)13(7-8-13)11(16-2)12(14)15/h3-6,11H,7-8H2,1-2H3,(H,14,15). The molecule has 0 radical (unpaired) electrons. The molecule has 3 heteroatoms. The summed E-state index contributed by atoms with van der Waals surface area (Å²) >= 11 is 0. The maximum absolute atomic E-state index is 11.1. The lowest BCUT2D eigenvalue weighted by molar-refractivity contribution is -0.150. The normalized spacial score (nSPS) is 19.1. The summed E-state index contributed by atoms with van der Waals surface area (Å²) < 4.78 is 5.12. The van der Waals surface area contributed by atoms with Gasteiger partial charge in [0.25, 0.3) is 0 Å². The minimum absolute atomic E-state index is 0.297. The molecule has 0 saturated heterocycles. The second-order valence-electron chi connectivity index (χ2n) is 4.48. The highest BCUT2D eigenvalue weighted by Gasteiger charge is 2.54. The van der Waals surface area contributed by atoms with Crippen molar-refractivity contribution in [3.63, 3.8) is 0 Å². The van der Waals surface area contributed by atoms with Crippen LogP contribution in [0.5, 0.6) is 0 Å². The zero-order chi connectivity index (χ0) is 11.8. The number of aliphatic carboxylic acids is 1. The smallest absolute Gasteiger partial charge is 0.333 e. The fourth-order valence-corrected chi connectivity index (χ4v) is 2.29. The molecule has 3 nitrogen and oxygen atoms in total. The number of aryl methyl sites for hydroxylation is 1. The van der Waals surface area contributed by atoms with E-state index in [1.54, 1.807) is 0 Å². The lowest BCUT2D eigenvalue weighted by Gasteiger charge is -2.22. The summed E-state index contributed by atoms with van der Waals surface area (Å²) in [7, 11) is 1.47. The van der Waals surface area contributed by atoms with Crippen molar-refractivity contribution in [1.29, 1.82) is 0 Å². The lowest BCUT2D eigenvalue weighted by atomic mass is 9.89. The molecule has 0 aromatic heterocycles. The maximum Gasteiger partial charge on any atom is 0.333 e. The minimum atomic E-state index is -0.874. The van der Waals surface area contributed by atoms with Crippen LogP contribution in [0.4, 0.5) is 0 Å². The van der Waals surface area contributed by atoms with Crippen molar-refractivity contribution in [2.24, 2.45) is 0 Å². The Labute approximate surface area is 95.0 Å². The molecule has 1 fully saturated rings. The van der Waals surface area contributed by atoms with Crippen LogP contribution < -0.4 is 0 Å². The van der Waals surface area contributed by atoms with Gasteiger partial charge in [-0.25, -0.2) is 4.79 Å².